The molecule has 5 heteroatoms. The molecule has 2 rings (SSSR count). The van der Waals surface area contributed by atoms with Crippen LogP contribution in [0.5, 0.6) is 5.75 Å². The molecular formula is C12H12N2O3. The number of carboxylic acid groups (broad SMARTS) is 1. The fraction of sp³-hybridized carbons (Fsp3) is 0.167. The molecule has 0 saturated carbocycles. The van der Waals surface area contributed by atoms with Gasteiger partial charge in [0, 0.05) is 18.9 Å². The minimum atomic E-state index is -0.906. The molecule has 1 aromatic carbocycles. The summed E-state index contributed by atoms with van der Waals surface area (Å²) >= 11 is 0. The van der Waals surface area contributed by atoms with Gasteiger partial charge in [0.15, 0.2) is 0 Å². The number of rotatable bonds is 3. The molecule has 2 aromatic rings. The maximum Gasteiger partial charge on any atom is 0.309 e. The van der Waals surface area contributed by atoms with Crippen LogP contribution in [0.25, 0.3) is 11.4 Å². The van der Waals surface area contributed by atoms with Crippen LogP contribution in [0.2, 0.25) is 0 Å². The molecule has 0 saturated heterocycles. The predicted molar refractivity (Wildman–Crippen MR) is 61.6 cm³/mol. The van der Waals surface area contributed by atoms with E-state index in [1.165, 1.54) is 6.20 Å². The normalized spacial score (nSPS) is 10.4. The second-order valence-corrected chi connectivity index (χ2v) is 3.72. The van der Waals surface area contributed by atoms with E-state index in [4.69, 9.17) is 5.11 Å². The largest absolute Gasteiger partial charge is 0.507 e. The summed E-state index contributed by atoms with van der Waals surface area (Å²) in [4.78, 5) is 14.8. The molecule has 0 spiro atoms. The lowest BCUT2D eigenvalue weighted by Gasteiger charge is -2.06. The lowest BCUT2D eigenvalue weighted by atomic mass is 10.2. The maximum atomic E-state index is 10.6. The Kier molecular flexibility index (Phi) is 2.82. The highest BCUT2D eigenvalue weighted by Crippen LogP contribution is 2.27. The first-order valence-corrected chi connectivity index (χ1v) is 5.10. The zero-order valence-electron chi connectivity index (χ0n) is 9.29. The molecule has 0 amide bonds. The molecule has 2 N–H and O–H groups in total. The number of phenolic OH excluding ortho intramolecular Hbond substituents is 1. The SMILES string of the molecule is Cn1c(CC(=O)O)cnc1-c1ccccc1O. The second kappa shape index (κ2) is 4.29. The van der Waals surface area contributed by atoms with Crippen molar-refractivity contribution in [3.63, 3.8) is 0 Å². The number of carboxylic acids is 1. The van der Waals surface area contributed by atoms with Gasteiger partial charge in [-0.05, 0) is 12.1 Å². The number of carbonyl (C=O) groups is 1. The van der Waals surface area contributed by atoms with E-state index in [1.54, 1.807) is 35.9 Å². The summed E-state index contributed by atoms with van der Waals surface area (Å²) in [5, 5.41) is 18.4. The van der Waals surface area contributed by atoms with E-state index in [1.807, 2.05) is 0 Å². The van der Waals surface area contributed by atoms with Gasteiger partial charge in [-0.3, -0.25) is 4.79 Å². The van der Waals surface area contributed by atoms with Crippen LogP contribution >= 0.6 is 0 Å². The molecule has 0 unspecified atom stereocenters. The van der Waals surface area contributed by atoms with Crippen molar-refractivity contribution in [1.82, 2.24) is 9.55 Å². The number of nitrogens with zero attached hydrogens (tertiary/aromatic N) is 2. The van der Waals surface area contributed by atoms with Gasteiger partial charge in [-0.15, -0.1) is 0 Å². The van der Waals surface area contributed by atoms with Gasteiger partial charge >= 0.3 is 5.97 Å². The third-order valence-corrected chi connectivity index (χ3v) is 2.56. The molecule has 0 aliphatic rings. The van der Waals surface area contributed by atoms with Crippen molar-refractivity contribution in [3.8, 4) is 17.1 Å². The number of phenols is 1. The van der Waals surface area contributed by atoms with Crippen LogP contribution in [0.1, 0.15) is 5.69 Å². The van der Waals surface area contributed by atoms with Crippen molar-refractivity contribution >= 4 is 5.97 Å². The molecule has 0 radical (unpaired) electrons. The Labute approximate surface area is 98.0 Å². The minimum absolute atomic E-state index is 0.0862. The highest BCUT2D eigenvalue weighted by molar-refractivity contribution is 5.70. The molecule has 0 atom stereocenters. The smallest absolute Gasteiger partial charge is 0.309 e. The first kappa shape index (κ1) is 11.2. The number of para-hydroxylation sites is 1. The lowest BCUT2D eigenvalue weighted by molar-refractivity contribution is -0.136. The van der Waals surface area contributed by atoms with E-state index in [0.29, 0.717) is 17.1 Å². The Morgan fingerprint density at radius 2 is 2.12 bits per heavy atom. The summed E-state index contributed by atoms with van der Waals surface area (Å²) < 4.78 is 1.67. The number of hydrogen-bond acceptors (Lipinski definition) is 3. The topological polar surface area (TPSA) is 75.4 Å². The average Bonchev–Trinajstić information content (AvgIpc) is 2.61. The molecule has 0 fully saturated rings. The summed E-state index contributed by atoms with van der Waals surface area (Å²) in [6.07, 6.45) is 1.42. The van der Waals surface area contributed by atoms with Crippen LogP contribution in [0.4, 0.5) is 0 Å². The first-order valence-electron chi connectivity index (χ1n) is 5.10. The second-order valence-electron chi connectivity index (χ2n) is 3.72. The average molecular weight is 232 g/mol. The van der Waals surface area contributed by atoms with Gasteiger partial charge in [-0.2, -0.15) is 0 Å². The van der Waals surface area contributed by atoms with Crippen molar-refractivity contribution in [1.29, 1.82) is 0 Å². The van der Waals surface area contributed by atoms with Crippen LogP contribution in [0.15, 0.2) is 30.5 Å². The fourth-order valence-electron chi connectivity index (χ4n) is 1.68. The molecule has 0 aliphatic heterocycles. The monoisotopic (exact) mass is 232 g/mol. The zero-order chi connectivity index (χ0) is 12.4. The Hall–Kier alpha value is -2.30. The Morgan fingerprint density at radius 3 is 2.76 bits per heavy atom. The molecule has 17 heavy (non-hydrogen) atoms. The first-order chi connectivity index (χ1) is 8.09. The number of aromatic hydroxyl groups is 1. The summed E-state index contributed by atoms with van der Waals surface area (Å²) in [6.45, 7) is 0. The highest BCUT2D eigenvalue weighted by Gasteiger charge is 2.13. The number of imidazole rings is 1. The summed E-state index contributed by atoms with van der Waals surface area (Å²) in [5.41, 5.74) is 1.18. The van der Waals surface area contributed by atoms with Crippen LogP contribution in [0.3, 0.4) is 0 Å². The van der Waals surface area contributed by atoms with Gasteiger partial charge in [0.05, 0.1) is 12.0 Å². The highest BCUT2D eigenvalue weighted by atomic mass is 16.4. The zero-order valence-corrected chi connectivity index (χ0v) is 9.29. The third-order valence-electron chi connectivity index (χ3n) is 2.56. The standard InChI is InChI=1S/C12H12N2O3/c1-14-8(6-11(16)17)7-13-12(14)9-4-2-3-5-10(9)15/h2-5,7,15H,6H2,1H3,(H,16,17). The Morgan fingerprint density at radius 1 is 1.41 bits per heavy atom. The molecule has 0 aliphatic carbocycles. The van der Waals surface area contributed by atoms with E-state index in [2.05, 4.69) is 4.98 Å². The van der Waals surface area contributed by atoms with Crippen molar-refractivity contribution in [2.24, 2.45) is 7.05 Å². The van der Waals surface area contributed by atoms with Gasteiger partial charge in [0.2, 0.25) is 0 Å². The van der Waals surface area contributed by atoms with E-state index in [0.717, 1.165) is 0 Å². The van der Waals surface area contributed by atoms with Gasteiger partial charge in [-0.1, -0.05) is 12.1 Å². The van der Waals surface area contributed by atoms with E-state index in [9.17, 15) is 9.90 Å². The minimum Gasteiger partial charge on any atom is -0.507 e. The molecule has 1 heterocycles. The van der Waals surface area contributed by atoms with Crippen LogP contribution < -0.4 is 0 Å². The van der Waals surface area contributed by atoms with Crippen LogP contribution in [0, 0.1) is 0 Å². The van der Waals surface area contributed by atoms with Crippen molar-refractivity contribution in [2.45, 2.75) is 6.42 Å². The number of hydrogen-bond donors (Lipinski definition) is 2. The Balaban J connectivity index is 2.44. The van der Waals surface area contributed by atoms with Crippen LogP contribution in [-0.4, -0.2) is 25.7 Å². The molecule has 0 bridgehead atoms. The van der Waals surface area contributed by atoms with Gasteiger partial charge in [0.25, 0.3) is 0 Å². The Bertz CT molecular complexity index is 561. The number of benzene rings is 1. The van der Waals surface area contributed by atoms with E-state index < -0.39 is 5.97 Å². The predicted octanol–water partition coefficient (Wildman–Crippen LogP) is 1.42. The fourth-order valence-corrected chi connectivity index (χ4v) is 1.68. The van der Waals surface area contributed by atoms with Crippen LogP contribution in [-0.2, 0) is 18.3 Å². The van der Waals surface area contributed by atoms with E-state index in [-0.39, 0.29) is 12.2 Å². The number of aliphatic carboxylic acids is 1. The van der Waals surface area contributed by atoms with Gasteiger partial charge in [0.1, 0.15) is 11.6 Å². The number of aromatic nitrogens is 2. The summed E-state index contributed by atoms with van der Waals surface area (Å²) in [5.74, 6) is -0.223. The molecule has 5 nitrogen and oxygen atoms in total. The quantitative estimate of drug-likeness (QED) is 0.839. The molecule has 88 valence electrons. The van der Waals surface area contributed by atoms with Gasteiger partial charge < -0.3 is 14.8 Å². The lowest BCUT2D eigenvalue weighted by Crippen LogP contribution is -2.05. The third kappa shape index (κ3) is 2.13. The maximum absolute atomic E-state index is 10.6. The molecular weight excluding hydrogens is 220 g/mol. The van der Waals surface area contributed by atoms with Gasteiger partial charge in [-0.25, -0.2) is 4.98 Å². The van der Waals surface area contributed by atoms with Crippen molar-refractivity contribution < 1.29 is 15.0 Å². The summed E-state index contributed by atoms with van der Waals surface area (Å²) in [6, 6.07) is 6.82. The molecule has 1 aromatic heterocycles. The summed E-state index contributed by atoms with van der Waals surface area (Å²) in [7, 11) is 1.73. The van der Waals surface area contributed by atoms with Crippen molar-refractivity contribution in [3.05, 3.63) is 36.2 Å². The van der Waals surface area contributed by atoms with Crippen molar-refractivity contribution in [2.75, 3.05) is 0 Å². The van der Waals surface area contributed by atoms with E-state index >= 15 is 0 Å².